The van der Waals surface area contributed by atoms with Crippen molar-refractivity contribution in [1.82, 2.24) is 5.32 Å². The summed E-state index contributed by atoms with van der Waals surface area (Å²) in [6, 6.07) is 5.27. The fourth-order valence-corrected chi connectivity index (χ4v) is 2.93. The van der Waals surface area contributed by atoms with Gasteiger partial charge in [0.2, 0.25) is 0 Å². The maximum atomic E-state index is 13.1. The Labute approximate surface area is 118 Å². The molecule has 0 heterocycles. The van der Waals surface area contributed by atoms with Crippen LogP contribution in [0, 0.1) is 11.7 Å². The fraction of sp³-hybridized carbons (Fsp3) is 0.600. The van der Waals surface area contributed by atoms with Gasteiger partial charge in [-0.25, -0.2) is 4.39 Å². The summed E-state index contributed by atoms with van der Waals surface area (Å²) >= 11 is 3.47. The van der Waals surface area contributed by atoms with Crippen LogP contribution in [-0.4, -0.2) is 6.54 Å². The van der Waals surface area contributed by atoms with Crippen LogP contribution in [0.1, 0.15) is 51.6 Å². The van der Waals surface area contributed by atoms with Gasteiger partial charge in [0.15, 0.2) is 0 Å². The van der Waals surface area contributed by atoms with Crippen LogP contribution >= 0.6 is 15.9 Å². The Morgan fingerprint density at radius 2 is 1.89 bits per heavy atom. The lowest BCUT2D eigenvalue weighted by molar-refractivity contribution is 0.374. The number of benzene rings is 1. The largest absolute Gasteiger partial charge is 0.310 e. The van der Waals surface area contributed by atoms with E-state index in [4.69, 9.17) is 0 Å². The number of halogens is 2. The van der Waals surface area contributed by atoms with Gasteiger partial charge in [0.1, 0.15) is 5.82 Å². The highest BCUT2D eigenvalue weighted by Crippen LogP contribution is 2.30. The van der Waals surface area contributed by atoms with E-state index in [0.717, 1.165) is 23.0 Å². The van der Waals surface area contributed by atoms with Crippen LogP contribution in [0.4, 0.5) is 4.39 Å². The lowest BCUT2D eigenvalue weighted by atomic mass is 9.91. The van der Waals surface area contributed by atoms with E-state index in [1.54, 1.807) is 6.07 Å². The van der Waals surface area contributed by atoms with Gasteiger partial charge in [-0.2, -0.15) is 0 Å². The van der Waals surface area contributed by atoms with Gasteiger partial charge in [0, 0.05) is 10.5 Å². The van der Waals surface area contributed by atoms with Crippen LogP contribution in [0.2, 0.25) is 0 Å². The van der Waals surface area contributed by atoms with E-state index in [1.165, 1.54) is 18.9 Å². The van der Waals surface area contributed by atoms with Gasteiger partial charge in [0.05, 0.1) is 0 Å². The van der Waals surface area contributed by atoms with Crippen molar-refractivity contribution < 1.29 is 4.39 Å². The second-order valence-corrected chi connectivity index (χ2v) is 5.55. The van der Waals surface area contributed by atoms with E-state index in [0.29, 0.717) is 12.0 Å². The van der Waals surface area contributed by atoms with Gasteiger partial charge >= 0.3 is 0 Å². The first kappa shape index (κ1) is 15.6. The monoisotopic (exact) mass is 315 g/mol. The Hall–Kier alpha value is -0.410. The molecule has 1 rings (SSSR count). The molecule has 0 spiro atoms. The SMILES string of the molecule is CCNC(CC(CC)CC)c1ccc(F)cc1Br. The van der Waals surface area contributed by atoms with Crippen LogP contribution in [0.25, 0.3) is 0 Å². The Morgan fingerprint density at radius 1 is 1.22 bits per heavy atom. The van der Waals surface area contributed by atoms with Crippen molar-refractivity contribution >= 4 is 15.9 Å². The summed E-state index contributed by atoms with van der Waals surface area (Å²) in [5.74, 6) is 0.523. The second kappa shape index (κ2) is 7.90. The number of hydrogen-bond acceptors (Lipinski definition) is 1. The first-order chi connectivity index (χ1) is 8.62. The van der Waals surface area contributed by atoms with Crippen molar-refractivity contribution in [2.24, 2.45) is 5.92 Å². The van der Waals surface area contributed by atoms with E-state index < -0.39 is 0 Å². The zero-order valence-corrected chi connectivity index (χ0v) is 13.1. The van der Waals surface area contributed by atoms with E-state index in [1.807, 2.05) is 6.07 Å². The molecule has 0 aliphatic rings. The van der Waals surface area contributed by atoms with Gasteiger partial charge in [-0.05, 0) is 36.6 Å². The average Bonchev–Trinajstić information content (AvgIpc) is 2.35. The fourth-order valence-electron chi connectivity index (χ4n) is 2.31. The molecule has 1 aromatic carbocycles. The minimum absolute atomic E-state index is 0.191. The van der Waals surface area contributed by atoms with E-state index in [2.05, 4.69) is 42.0 Å². The summed E-state index contributed by atoms with van der Waals surface area (Å²) in [5, 5.41) is 3.51. The normalized spacial score (nSPS) is 13.0. The third-order valence-corrected chi connectivity index (χ3v) is 4.20. The third-order valence-electron chi connectivity index (χ3n) is 3.51. The Morgan fingerprint density at radius 3 is 2.39 bits per heavy atom. The van der Waals surface area contributed by atoms with Crippen LogP contribution in [0.15, 0.2) is 22.7 Å². The number of hydrogen-bond donors (Lipinski definition) is 1. The quantitative estimate of drug-likeness (QED) is 0.741. The highest BCUT2D eigenvalue weighted by atomic mass is 79.9. The van der Waals surface area contributed by atoms with Crippen LogP contribution < -0.4 is 5.32 Å². The summed E-state index contributed by atoms with van der Waals surface area (Å²) in [4.78, 5) is 0. The smallest absolute Gasteiger partial charge is 0.124 e. The van der Waals surface area contributed by atoms with Gasteiger partial charge in [0.25, 0.3) is 0 Å². The molecule has 1 nitrogen and oxygen atoms in total. The lowest BCUT2D eigenvalue weighted by Gasteiger charge is -2.24. The van der Waals surface area contributed by atoms with Crippen LogP contribution in [0.3, 0.4) is 0 Å². The molecule has 0 aliphatic heterocycles. The Balaban J connectivity index is 2.89. The summed E-state index contributed by atoms with van der Waals surface area (Å²) < 4.78 is 14.0. The van der Waals surface area contributed by atoms with E-state index >= 15 is 0 Å². The van der Waals surface area contributed by atoms with Crippen molar-refractivity contribution in [3.63, 3.8) is 0 Å². The predicted octanol–water partition coefficient (Wildman–Crippen LogP) is 5.07. The second-order valence-electron chi connectivity index (χ2n) is 4.69. The molecule has 0 amide bonds. The standard InChI is InChI=1S/C15H23BrFN/c1-4-11(5-2)9-15(18-6-3)13-8-7-12(17)10-14(13)16/h7-8,10-11,15,18H,4-6,9H2,1-3H3. The average molecular weight is 316 g/mol. The summed E-state index contributed by atoms with van der Waals surface area (Å²) in [6.07, 6.45) is 3.49. The highest BCUT2D eigenvalue weighted by Gasteiger charge is 2.17. The first-order valence-electron chi connectivity index (χ1n) is 6.80. The summed E-state index contributed by atoms with van der Waals surface area (Å²) in [5.41, 5.74) is 1.16. The van der Waals surface area contributed by atoms with Gasteiger partial charge in [-0.15, -0.1) is 0 Å². The van der Waals surface area contributed by atoms with Crippen molar-refractivity contribution in [3.05, 3.63) is 34.1 Å². The minimum Gasteiger partial charge on any atom is -0.310 e. The van der Waals surface area contributed by atoms with Gasteiger partial charge in [-0.1, -0.05) is 55.6 Å². The van der Waals surface area contributed by atoms with E-state index in [9.17, 15) is 4.39 Å². The zero-order valence-electron chi connectivity index (χ0n) is 11.5. The van der Waals surface area contributed by atoms with Crippen LogP contribution in [0.5, 0.6) is 0 Å². The molecule has 0 aromatic heterocycles. The molecule has 1 aromatic rings. The summed E-state index contributed by atoms with van der Waals surface area (Å²) in [6.45, 7) is 7.50. The van der Waals surface area contributed by atoms with E-state index in [-0.39, 0.29) is 5.82 Å². The van der Waals surface area contributed by atoms with Crippen molar-refractivity contribution in [2.75, 3.05) is 6.54 Å². The van der Waals surface area contributed by atoms with Crippen molar-refractivity contribution in [3.8, 4) is 0 Å². The number of rotatable bonds is 7. The zero-order chi connectivity index (χ0) is 13.5. The molecular formula is C15H23BrFN. The van der Waals surface area contributed by atoms with Crippen LogP contribution in [-0.2, 0) is 0 Å². The molecule has 0 bridgehead atoms. The number of nitrogens with one attached hydrogen (secondary N) is 1. The first-order valence-corrected chi connectivity index (χ1v) is 7.59. The predicted molar refractivity (Wildman–Crippen MR) is 79.2 cm³/mol. The Bertz CT molecular complexity index is 364. The maximum absolute atomic E-state index is 13.1. The van der Waals surface area contributed by atoms with Gasteiger partial charge in [-0.3, -0.25) is 0 Å². The minimum atomic E-state index is -0.191. The molecule has 0 radical (unpaired) electrons. The highest BCUT2D eigenvalue weighted by molar-refractivity contribution is 9.10. The summed E-state index contributed by atoms with van der Waals surface area (Å²) in [7, 11) is 0. The molecule has 1 N–H and O–H groups in total. The molecular weight excluding hydrogens is 293 g/mol. The van der Waals surface area contributed by atoms with Crippen molar-refractivity contribution in [1.29, 1.82) is 0 Å². The topological polar surface area (TPSA) is 12.0 Å². The third kappa shape index (κ3) is 4.36. The van der Waals surface area contributed by atoms with Crippen molar-refractivity contribution in [2.45, 2.75) is 46.1 Å². The molecule has 0 saturated heterocycles. The molecule has 0 aliphatic carbocycles. The molecule has 0 saturated carbocycles. The molecule has 18 heavy (non-hydrogen) atoms. The maximum Gasteiger partial charge on any atom is 0.124 e. The molecule has 102 valence electrons. The molecule has 1 unspecified atom stereocenters. The molecule has 1 atom stereocenters. The molecule has 0 fully saturated rings. The lowest BCUT2D eigenvalue weighted by Crippen LogP contribution is -2.23. The Kier molecular flexibility index (Phi) is 6.87. The van der Waals surface area contributed by atoms with Gasteiger partial charge < -0.3 is 5.32 Å². The molecule has 3 heteroatoms.